The Hall–Kier alpha value is -1.15. The first kappa shape index (κ1) is 10.4. The van der Waals surface area contributed by atoms with Gasteiger partial charge in [-0.2, -0.15) is 0 Å². The Labute approximate surface area is 89.9 Å². The molecular weight excluding hydrogens is 188 g/mol. The largest absolute Gasteiger partial charge is 0.395 e. The lowest BCUT2D eigenvalue weighted by Gasteiger charge is -2.41. The van der Waals surface area contributed by atoms with E-state index in [4.69, 9.17) is 0 Å². The number of Topliss-reactive ketones (excluding diaryl/α,β-unsaturated/α-hetero) is 1. The average molecular weight is 204 g/mol. The zero-order valence-corrected chi connectivity index (χ0v) is 8.99. The fourth-order valence-corrected chi connectivity index (χ4v) is 2.21. The van der Waals surface area contributed by atoms with Crippen LogP contribution in [0.5, 0.6) is 0 Å². The molecule has 2 heteroatoms. The SMILES string of the molecule is CC(=O)c1cccc(C2(CO)CCC2)c1. The molecule has 1 aromatic carbocycles. The summed E-state index contributed by atoms with van der Waals surface area (Å²) in [5.74, 6) is 0.0873. The van der Waals surface area contributed by atoms with Gasteiger partial charge in [0.1, 0.15) is 0 Å². The number of ketones is 1. The van der Waals surface area contributed by atoms with Crippen LogP contribution < -0.4 is 0 Å². The summed E-state index contributed by atoms with van der Waals surface area (Å²) < 4.78 is 0. The summed E-state index contributed by atoms with van der Waals surface area (Å²) in [6.07, 6.45) is 3.24. The standard InChI is InChI=1S/C13H16O2/c1-10(15)11-4-2-5-12(8-11)13(9-14)6-3-7-13/h2,4-5,8,14H,3,6-7,9H2,1H3. The summed E-state index contributed by atoms with van der Waals surface area (Å²) in [6, 6.07) is 7.68. The Morgan fingerprint density at radius 1 is 1.47 bits per heavy atom. The maximum atomic E-state index is 11.3. The van der Waals surface area contributed by atoms with Crippen LogP contribution in [-0.4, -0.2) is 17.5 Å². The minimum Gasteiger partial charge on any atom is -0.395 e. The van der Waals surface area contributed by atoms with Crippen molar-refractivity contribution in [3.05, 3.63) is 35.4 Å². The molecule has 0 aromatic heterocycles. The first-order valence-corrected chi connectivity index (χ1v) is 5.40. The van der Waals surface area contributed by atoms with Crippen LogP contribution in [0.2, 0.25) is 0 Å². The van der Waals surface area contributed by atoms with E-state index in [0.29, 0.717) is 0 Å². The topological polar surface area (TPSA) is 37.3 Å². The van der Waals surface area contributed by atoms with Crippen molar-refractivity contribution in [2.24, 2.45) is 0 Å². The van der Waals surface area contributed by atoms with Crippen molar-refractivity contribution >= 4 is 5.78 Å². The molecule has 1 aliphatic carbocycles. The minimum atomic E-state index is -0.0640. The van der Waals surface area contributed by atoms with Gasteiger partial charge in [0, 0.05) is 11.0 Å². The Morgan fingerprint density at radius 2 is 2.20 bits per heavy atom. The fraction of sp³-hybridized carbons (Fsp3) is 0.462. The molecule has 0 spiro atoms. The molecule has 0 aliphatic heterocycles. The highest BCUT2D eigenvalue weighted by atomic mass is 16.3. The first-order valence-electron chi connectivity index (χ1n) is 5.40. The van der Waals surface area contributed by atoms with E-state index < -0.39 is 0 Å². The number of carbonyl (C=O) groups is 1. The molecular formula is C13H16O2. The van der Waals surface area contributed by atoms with Gasteiger partial charge in [-0.15, -0.1) is 0 Å². The zero-order valence-electron chi connectivity index (χ0n) is 8.99. The van der Waals surface area contributed by atoms with Crippen LogP contribution in [0.1, 0.15) is 42.1 Å². The van der Waals surface area contributed by atoms with E-state index in [1.807, 2.05) is 24.3 Å². The number of carbonyl (C=O) groups excluding carboxylic acids is 1. The van der Waals surface area contributed by atoms with Gasteiger partial charge < -0.3 is 5.11 Å². The van der Waals surface area contributed by atoms with Gasteiger partial charge in [-0.1, -0.05) is 24.6 Å². The van der Waals surface area contributed by atoms with Crippen LogP contribution in [0, 0.1) is 0 Å². The van der Waals surface area contributed by atoms with E-state index in [-0.39, 0.29) is 17.8 Å². The zero-order chi connectivity index (χ0) is 10.9. The maximum absolute atomic E-state index is 11.3. The van der Waals surface area contributed by atoms with Gasteiger partial charge in [0.2, 0.25) is 0 Å². The van der Waals surface area contributed by atoms with Crippen LogP contribution in [0.3, 0.4) is 0 Å². The predicted molar refractivity (Wildman–Crippen MR) is 59.1 cm³/mol. The van der Waals surface area contributed by atoms with Crippen LogP contribution in [-0.2, 0) is 5.41 Å². The highest BCUT2D eigenvalue weighted by Gasteiger charge is 2.38. The summed E-state index contributed by atoms with van der Waals surface area (Å²) in [4.78, 5) is 11.3. The smallest absolute Gasteiger partial charge is 0.159 e. The molecule has 1 saturated carbocycles. The van der Waals surface area contributed by atoms with E-state index in [0.717, 1.165) is 24.0 Å². The summed E-state index contributed by atoms with van der Waals surface area (Å²) in [5, 5.41) is 9.43. The highest BCUT2D eigenvalue weighted by Crippen LogP contribution is 2.43. The molecule has 80 valence electrons. The van der Waals surface area contributed by atoms with Crippen molar-refractivity contribution in [2.45, 2.75) is 31.6 Å². The van der Waals surface area contributed by atoms with Gasteiger partial charge in [-0.25, -0.2) is 0 Å². The number of aliphatic hydroxyl groups is 1. The summed E-state index contributed by atoms with van der Waals surface area (Å²) in [6.45, 7) is 1.76. The molecule has 0 atom stereocenters. The fourth-order valence-electron chi connectivity index (χ4n) is 2.21. The van der Waals surface area contributed by atoms with Crippen molar-refractivity contribution in [3.8, 4) is 0 Å². The lowest BCUT2D eigenvalue weighted by atomic mass is 9.65. The number of rotatable bonds is 3. The van der Waals surface area contributed by atoms with Crippen LogP contribution >= 0.6 is 0 Å². The third kappa shape index (κ3) is 1.70. The molecule has 0 saturated heterocycles. The van der Waals surface area contributed by atoms with Gasteiger partial charge in [-0.3, -0.25) is 4.79 Å². The summed E-state index contributed by atoms with van der Waals surface area (Å²) >= 11 is 0. The van der Waals surface area contributed by atoms with E-state index in [1.165, 1.54) is 6.42 Å². The van der Waals surface area contributed by atoms with E-state index in [2.05, 4.69) is 0 Å². The molecule has 0 unspecified atom stereocenters. The van der Waals surface area contributed by atoms with Gasteiger partial charge in [0.05, 0.1) is 6.61 Å². The molecule has 1 aliphatic rings. The number of hydrogen-bond acceptors (Lipinski definition) is 2. The minimum absolute atomic E-state index is 0.0640. The first-order chi connectivity index (χ1) is 7.18. The normalized spacial score (nSPS) is 18.3. The van der Waals surface area contributed by atoms with Gasteiger partial charge in [0.15, 0.2) is 5.78 Å². The Balaban J connectivity index is 2.35. The van der Waals surface area contributed by atoms with Crippen molar-refractivity contribution in [2.75, 3.05) is 6.61 Å². The lowest BCUT2D eigenvalue weighted by Crippen LogP contribution is -2.37. The number of hydrogen-bond donors (Lipinski definition) is 1. The predicted octanol–water partition coefficient (Wildman–Crippen LogP) is 2.30. The van der Waals surface area contributed by atoms with Crippen molar-refractivity contribution in [1.82, 2.24) is 0 Å². The quantitative estimate of drug-likeness (QED) is 0.767. The molecule has 15 heavy (non-hydrogen) atoms. The Bertz CT molecular complexity index is 372. The van der Waals surface area contributed by atoms with E-state index >= 15 is 0 Å². The molecule has 2 nitrogen and oxygen atoms in total. The summed E-state index contributed by atoms with van der Waals surface area (Å²) in [5.41, 5.74) is 1.79. The maximum Gasteiger partial charge on any atom is 0.159 e. The third-order valence-corrected chi connectivity index (χ3v) is 3.49. The molecule has 0 amide bonds. The Morgan fingerprint density at radius 3 is 2.67 bits per heavy atom. The average Bonchev–Trinajstić information content (AvgIpc) is 2.17. The number of aliphatic hydroxyl groups excluding tert-OH is 1. The summed E-state index contributed by atoms with van der Waals surface area (Å²) in [7, 11) is 0. The Kier molecular flexibility index (Phi) is 2.61. The van der Waals surface area contributed by atoms with Crippen molar-refractivity contribution < 1.29 is 9.90 Å². The molecule has 1 N–H and O–H groups in total. The lowest BCUT2D eigenvalue weighted by molar-refractivity contribution is 0.101. The second-order valence-corrected chi connectivity index (χ2v) is 4.43. The van der Waals surface area contributed by atoms with Gasteiger partial charge >= 0.3 is 0 Å². The molecule has 1 fully saturated rings. The highest BCUT2D eigenvalue weighted by molar-refractivity contribution is 5.94. The molecule has 0 radical (unpaired) electrons. The molecule has 0 heterocycles. The van der Waals surface area contributed by atoms with Crippen LogP contribution in [0.4, 0.5) is 0 Å². The second kappa shape index (κ2) is 3.78. The third-order valence-electron chi connectivity index (χ3n) is 3.49. The van der Waals surface area contributed by atoms with E-state index in [9.17, 15) is 9.90 Å². The van der Waals surface area contributed by atoms with Crippen LogP contribution in [0.15, 0.2) is 24.3 Å². The molecule has 2 rings (SSSR count). The second-order valence-electron chi connectivity index (χ2n) is 4.43. The van der Waals surface area contributed by atoms with Crippen molar-refractivity contribution in [1.29, 1.82) is 0 Å². The monoisotopic (exact) mass is 204 g/mol. The number of benzene rings is 1. The van der Waals surface area contributed by atoms with Crippen LogP contribution in [0.25, 0.3) is 0 Å². The van der Waals surface area contributed by atoms with Crippen molar-refractivity contribution in [3.63, 3.8) is 0 Å². The molecule has 1 aromatic rings. The molecule has 0 bridgehead atoms. The van der Waals surface area contributed by atoms with Gasteiger partial charge in [-0.05, 0) is 31.4 Å². The van der Waals surface area contributed by atoms with Gasteiger partial charge in [0.25, 0.3) is 0 Å². The van der Waals surface area contributed by atoms with E-state index in [1.54, 1.807) is 6.92 Å².